The maximum atomic E-state index is 12.6. The molecule has 0 amide bonds. The molecule has 0 saturated carbocycles. The van der Waals surface area contributed by atoms with Crippen LogP contribution < -0.4 is 5.11 Å². The number of carboxylic acid groups (broad SMARTS) is 3. The van der Waals surface area contributed by atoms with Crippen LogP contribution in [0.5, 0.6) is 0 Å². The Balaban J connectivity index is 4.63. The van der Waals surface area contributed by atoms with E-state index >= 15 is 0 Å². The van der Waals surface area contributed by atoms with Crippen molar-refractivity contribution in [3.8, 4) is 0 Å². The summed E-state index contributed by atoms with van der Waals surface area (Å²) in [5.74, 6) is -3.56. The minimum absolute atomic E-state index is 0.203. The van der Waals surface area contributed by atoms with Gasteiger partial charge in [-0.2, -0.15) is 0 Å². The van der Waals surface area contributed by atoms with Crippen LogP contribution in [-0.4, -0.2) is 57.3 Å². The summed E-state index contributed by atoms with van der Waals surface area (Å²) in [5, 5.41) is 33.1. The molecule has 0 radical (unpaired) electrons. The molecule has 0 heterocycles. The third-order valence-corrected chi connectivity index (χ3v) is 9.83. The first-order valence-corrected chi connectivity index (χ1v) is 19.4. The van der Waals surface area contributed by atoms with E-state index in [-0.39, 0.29) is 25.8 Å². The first-order valence-electron chi connectivity index (χ1n) is 19.4. The Hall–Kier alpha value is -1.89. The Morgan fingerprint density at radius 2 is 0.826 bits per heavy atom. The maximum Gasteiger partial charge on any atom is 0.362 e. The number of rotatable bonds is 34. The topological polar surface area (TPSA) is 115 Å². The lowest BCUT2D eigenvalue weighted by Crippen LogP contribution is -2.74. The minimum Gasteiger partial charge on any atom is -0.544 e. The van der Waals surface area contributed by atoms with Crippen LogP contribution in [0, 0.1) is 0 Å². The number of hydrogen-bond donors (Lipinski definition) is 2. The molecule has 7 nitrogen and oxygen atoms in total. The van der Waals surface area contributed by atoms with Gasteiger partial charge in [0.15, 0.2) is 12.1 Å². The molecule has 0 saturated heterocycles. The predicted octanol–water partition coefficient (Wildman–Crippen LogP) is 9.61. The van der Waals surface area contributed by atoms with Crippen molar-refractivity contribution in [2.45, 2.75) is 213 Å². The van der Waals surface area contributed by atoms with Gasteiger partial charge in [0, 0.05) is 19.3 Å². The summed E-state index contributed by atoms with van der Waals surface area (Å²) in [6, 6.07) is -3.34. The van der Waals surface area contributed by atoms with Crippen LogP contribution in [0.3, 0.4) is 0 Å². The van der Waals surface area contributed by atoms with Crippen molar-refractivity contribution in [1.82, 2.24) is 0 Å². The first-order chi connectivity index (χ1) is 22.2. The van der Waals surface area contributed by atoms with Crippen LogP contribution in [0.2, 0.25) is 0 Å². The summed E-state index contributed by atoms with van der Waals surface area (Å²) in [4.78, 5) is 37.7. The van der Waals surface area contributed by atoms with E-state index in [9.17, 15) is 29.7 Å². The van der Waals surface area contributed by atoms with E-state index in [4.69, 9.17) is 0 Å². The van der Waals surface area contributed by atoms with Gasteiger partial charge in [0.05, 0.1) is 12.5 Å². The average molecular weight is 652 g/mol. The number of carbonyl (C=O) groups excluding carboxylic acids is 1. The van der Waals surface area contributed by atoms with Gasteiger partial charge in [-0.25, -0.2) is 9.59 Å². The molecule has 2 N–H and O–H groups in total. The van der Waals surface area contributed by atoms with Crippen LogP contribution in [0.25, 0.3) is 0 Å². The molecule has 3 unspecified atom stereocenters. The molecular weight excluding hydrogens is 578 g/mol. The van der Waals surface area contributed by atoms with E-state index in [1.807, 2.05) is 20.8 Å². The molecule has 0 aliphatic carbocycles. The molecule has 0 aliphatic rings. The zero-order valence-corrected chi connectivity index (χ0v) is 30.5. The van der Waals surface area contributed by atoms with E-state index in [0.717, 1.165) is 38.5 Å². The van der Waals surface area contributed by atoms with Crippen LogP contribution in [-0.2, 0) is 14.4 Å². The van der Waals surface area contributed by atoms with Gasteiger partial charge >= 0.3 is 11.9 Å². The fourth-order valence-corrected chi connectivity index (χ4v) is 7.33. The van der Waals surface area contributed by atoms with E-state index in [0.29, 0.717) is 25.7 Å². The van der Waals surface area contributed by atoms with Gasteiger partial charge in [0.2, 0.25) is 0 Å². The zero-order valence-electron chi connectivity index (χ0n) is 30.5. The van der Waals surface area contributed by atoms with Gasteiger partial charge in [-0.1, -0.05) is 136 Å². The average Bonchev–Trinajstić information content (AvgIpc) is 3.02. The molecule has 46 heavy (non-hydrogen) atoms. The molecule has 270 valence electrons. The van der Waals surface area contributed by atoms with Crippen molar-refractivity contribution in [3.05, 3.63) is 12.2 Å². The lowest BCUT2D eigenvalue weighted by molar-refractivity contribution is -0.975. The lowest BCUT2D eigenvalue weighted by atomic mass is 9.91. The highest BCUT2D eigenvalue weighted by atomic mass is 16.4. The smallest absolute Gasteiger partial charge is 0.362 e. The molecule has 0 fully saturated rings. The van der Waals surface area contributed by atoms with Crippen molar-refractivity contribution in [3.63, 3.8) is 0 Å². The van der Waals surface area contributed by atoms with Gasteiger partial charge in [-0.15, -0.1) is 0 Å². The van der Waals surface area contributed by atoms with Crippen LogP contribution in [0.1, 0.15) is 195 Å². The molecule has 7 heteroatoms. The lowest BCUT2D eigenvalue weighted by Gasteiger charge is -2.52. The van der Waals surface area contributed by atoms with Crippen molar-refractivity contribution < 1.29 is 34.2 Å². The van der Waals surface area contributed by atoms with Crippen LogP contribution in [0.4, 0.5) is 0 Å². The fourth-order valence-electron chi connectivity index (χ4n) is 7.33. The van der Waals surface area contributed by atoms with Crippen LogP contribution >= 0.6 is 0 Å². The molecule has 0 aliphatic heterocycles. The van der Waals surface area contributed by atoms with E-state index in [1.165, 1.54) is 83.5 Å². The van der Waals surface area contributed by atoms with Gasteiger partial charge in [0.25, 0.3) is 0 Å². The molecule has 0 rings (SSSR count). The number of carbonyl (C=O) groups is 3. The largest absolute Gasteiger partial charge is 0.544 e. The van der Waals surface area contributed by atoms with Crippen molar-refractivity contribution in [2.24, 2.45) is 0 Å². The summed E-state index contributed by atoms with van der Waals surface area (Å²) < 4.78 is -0.440. The molecule has 0 aromatic carbocycles. The number of hydrogen-bond acceptors (Lipinski definition) is 4. The summed E-state index contributed by atoms with van der Waals surface area (Å²) in [7, 11) is 0. The Kier molecular flexibility index (Phi) is 28.1. The summed E-state index contributed by atoms with van der Waals surface area (Å²) in [5.41, 5.74) is 0. The van der Waals surface area contributed by atoms with Crippen molar-refractivity contribution in [1.29, 1.82) is 0 Å². The third kappa shape index (κ3) is 18.4. The first kappa shape index (κ1) is 44.1. The highest BCUT2D eigenvalue weighted by Crippen LogP contribution is 2.34. The number of unbranched alkanes of at least 4 members (excludes halogenated alkanes) is 18. The van der Waals surface area contributed by atoms with E-state index < -0.39 is 40.5 Å². The Morgan fingerprint density at radius 1 is 0.500 bits per heavy atom. The van der Waals surface area contributed by atoms with E-state index in [1.54, 1.807) is 0 Å². The number of carboxylic acids is 3. The van der Waals surface area contributed by atoms with Gasteiger partial charge in [-0.05, 0) is 51.4 Å². The maximum absolute atomic E-state index is 12.6. The molecular formula is C39H73NO6. The Bertz CT molecular complexity index is 738. The van der Waals surface area contributed by atoms with Crippen molar-refractivity contribution in [2.75, 3.05) is 6.54 Å². The SMILES string of the molecule is CCCCCCCCCCCCCCC/C=C/CCCCCCC[N+](C(CCC)C(=O)[O-])(C(CCC)C(=O)O)C(CCC)C(=O)O. The summed E-state index contributed by atoms with van der Waals surface area (Å²) in [6.45, 7) is 8.08. The molecule has 0 spiro atoms. The quantitative estimate of drug-likeness (QED) is 0.0407. The second kappa shape index (κ2) is 29.3. The third-order valence-electron chi connectivity index (χ3n) is 9.83. The standard InChI is InChI=1S/C39H73NO6/c1-5-9-10-11-12-13-14-15-16-17-18-19-20-21-22-23-24-25-26-27-28-29-33-40(34(30-6-2)37(41)42,35(31-7-3)38(43)44)36(32-8-4)39(45)46/h22-23,34-36H,5-21,24-33H2,1-4H3,(H2-,41,42,43,44,45,46)/b23-22+. The monoisotopic (exact) mass is 652 g/mol. The second-order valence-electron chi connectivity index (χ2n) is 13.7. The highest BCUT2D eigenvalue weighted by molar-refractivity contribution is 5.77. The zero-order chi connectivity index (χ0) is 34.5. The number of allylic oxidation sites excluding steroid dienone is 2. The normalized spacial score (nSPS) is 15.0. The Morgan fingerprint density at radius 3 is 1.15 bits per heavy atom. The number of aliphatic carboxylic acids is 3. The molecule has 3 atom stereocenters. The fraction of sp³-hybridized carbons (Fsp3) is 0.872. The highest BCUT2D eigenvalue weighted by Gasteiger charge is 2.54. The molecule has 0 aromatic heterocycles. The number of quaternary nitrogens is 1. The van der Waals surface area contributed by atoms with Gasteiger partial charge < -0.3 is 20.1 Å². The molecule has 0 aromatic rings. The predicted molar refractivity (Wildman–Crippen MR) is 189 cm³/mol. The molecule has 0 bridgehead atoms. The summed E-state index contributed by atoms with van der Waals surface area (Å²) in [6.07, 6.45) is 31.5. The summed E-state index contributed by atoms with van der Waals surface area (Å²) >= 11 is 0. The van der Waals surface area contributed by atoms with Gasteiger partial charge in [-0.3, -0.25) is 4.48 Å². The van der Waals surface area contributed by atoms with Crippen molar-refractivity contribution >= 4 is 17.9 Å². The van der Waals surface area contributed by atoms with E-state index in [2.05, 4.69) is 19.1 Å². The second-order valence-corrected chi connectivity index (χ2v) is 13.7. The Labute approximate surface area is 283 Å². The van der Waals surface area contributed by atoms with Crippen LogP contribution in [0.15, 0.2) is 12.2 Å². The number of nitrogens with zero attached hydrogens (tertiary/aromatic N) is 1. The van der Waals surface area contributed by atoms with Gasteiger partial charge in [0.1, 0.15) is 6.04 Å². The minimum atomic E-state index is -1.34.